The van der Waals surface area contributed by atoms with Gasteiger partial charge in [0.25, 0.3) is 0 Å². The van der Waals surface area contributed by atoms with E-state index in [1.807, 2.05) is 0 Å². The summed E-state index contributed by atoms with van der Waals surface area (Å²) in [5, 5.41) is 3.18. The van der Waals surface area contributed by atoms with Crippen molar-refractivity contribution in [2.75, 3.05) is 12.8 Å². The van der Waals surface area contributed by atoms with Gasteiger partial charge in [0.2, 0.25) is 0 Å². The Morgan fingerprint density at radius 1 is 0.808 bits per heavy atom. The molecular formula is C18H22F6P2. The molecule has 26 heavy (non-hydrogen) atoms. The molecule has 2 aromatic rings. The molecular weight excluding hydrogens is 392 g/mol. The van der Waals surface area contributed by atoms with E-state index >= 15 is 0 Å². The van der Waals surface area contributed by atoms with Gasteiger partial charge in [-0.3, -0.25) is 0 Å². The molecule has 1 aliphatic heterocycles. The normalized spacial score (nSPS) is 24.3. The van der Waals surface area contributed by atoms with Crippen molar-refractivity contribution in [1.82, 2.24) is 0 Å². The maximum absolute atomic E-state index is 10.7. The average molecular weight is 414 g/mol. The molecule has 0 aromatic heterocycles. The molecule has 0 fully saturated rings. The first-order valence-electron chi connectivity index (χ1n) is 8.07. The minimum atomic E-state index is -10.7. The molecule has 8 heteroatoms. The van der Waals surface area contributed by atoms with E-state index in [1.165, 1.54) is 12.6 Å². The van der Waals surface area contributed by atoms with Crippen molar-refractivity contribution >= 4 is 25.7 Å². The number of fused-ring (bicyclic) bond motifs is 1. The van der Waals surface area contributed by atoms with E-state index < -0.39 is 15.1 Å². The third-order valence-electron chi connectivity index (χ3n) is 4.67. The summed E-state index contributed by atoms with van der Waals surface area (Å²) in [5.41, 5.74) is 1.89. The molecule has 146 valence electrons. The van der Waals surface area contributed by atoms with Gasteiger partial charge in [-0.2, -0.15) is 0 Å². The van der Waals surface area contributed by atoms with Crippen molar-refractivity contribution in [3.05, 3.63) is 60.2 Å². The molecule has 0 bridgehead atoms. The third kappa shape index (κ3) is 5.96. The molecule has 1 atom stereocenters. The molecule has 0 N–H and O–H groups in total. The van der Waals surface area contributed by atoms with Crippen LogP contribution in [0.15, 0.2) is 54.6 Å². The number of hydrogen-bond donors (Lipinski definition) is 0. The quantitative estimate of drug-likeness (QED) is 0.338. The molecule has 0 saturated carbocycles. The zero-order valence-corrected chi connectivity index (χ0v) is 16.6. The predicted molar refractivity (Wildman–Crippen MR) is 101 cm³/mol. The summed E-state index contributed by atoms with van der Waals surface area (Å²) in [7, 11) is -11.8. The maximum atomic E-state index is 9.87. The van der Waals surface area contributed by atoms with Crippen LogP contribution in [0.1, 0.15) is 25.8 Å². The van der Waals surface area contributed by atoms with E-state index in [0.717, 1.165) is 0 Å². The summed E-state index contributed by atoms with van der Waals surface area (Å²) in [4.78, 5) is 0. The van der Waals surface area contributed by atoms with Gasteiger partial charge in [0.05, 0.1) is 25.4 Å². The number of hydrogen-bond acceptors (Lipinski definition) is 0. The summed E-state index contributed by atoms with van der Waals surface area (Å²) < 4.78 is 59.2. The van der Waals surface area contributed by atoms with Crippen molar-refractivity contribution in [2.24, 2.45) is 0 Å². The van der Waals surface area contributed by atoms with E-state index in [-0.39, 0.29) is 0 Å². The van der Waals surface area contributed by atoms with Crippen molar-refractivity contribution in [1.29, 1.82) is 0 Å². The summed E-state index contributed by atoms with van der Waals surface area (Å²) in [6.45, 7) is 7.29. The molecule has 1 heterocycles. The molecule has 0 amide bonds. The van der Waals surface area contributed by atoms with Gasteiger partial charge < -0.3 is 0 Å². The van der Waals surface area contributed by atoms with Crippen LogP contribution in [-0.2, 0) is 5.41 Å². The van der Waals surface area contributed by atoms with Gasteiger partial charge >= 0.3 is 33.0 Å². The second kappa shape index (κ2) is 5.94. The van der Waals surface area contributed by atoms with Crippen LogP contribution in [-0.4, -0.2) is 12.8 Å². The first-order chi connectivity index (χ1) is 11.5. The van der Waals surface area contributed by atoms with Crippen LogP contribution in [0.5, 0.6) is 0 Å². The molecule has 1 unspecified atom stereocenters. The molecule has 1 aliphatic rings. The van der Waals surface area contributed by atoms with Crippen LogP contribution in [0.25, 0.3) is 0 Å². The van der Waals surface area contributed by atoms with Crippen LogP contribution in [0.2, 0.25) is 0 Å². The van der Waals surface area contributed by atoms with Gasteiger partial charge in [-0.05, 0) is 30.0 Å². The Kier molecular flexibility index (Phi) is 4.84. The Balaban J connectivity index is 0.000000298. The van der Waals surface area contributed by atoms with Gasteiger partial charge in [0.1, 0.15) is 5.30 Å². The molecule has 3 rings (SSSR count). The predicted octanol–water partition coefficient (Wildman–Crippen LogP) is 7.35. The van der Waals surface area contributed by atoms with Crippen molar-refractivity contribution < 1.29 is 25.2 Å². The third-order valence-corrected chi connectivity index (χ3v) is 8.68. The van der Waals surface area contributed by atoms with E-state index in [2.05, 4.69) is 75.1 Å². The Bertz CT molecular complexity index is 773. The first kappa shape index (κ1) is 21.2. The van der Waals surface area contributed by atoms with E-state index in [9.17, 15) is 25.2 Å². The average Bonchev–Trinajstić information content (AvgIpc) is 2.50. The zero-order chi connectivity index (χ0) is 19.9. The fourth-order valence-corrected chi connectivity index (χ4v) is 7.20. The van der Waals surface area contributed by atoms with Gasteiger partial charge in [0.15, 0.2) is 0 Å². The van der Waals surface area contributed by atoms with Gasteiger partial charge in [-0.15, -0.1) is 0 Å². The van der Waals surface area contributed by atoms with Crippen LogP contribution in [0.3, 0.4) is 0 Å². The van der Waals surface area contributed by atoms with Crippen LogP contribution in [0.4, 0.5) is 25.2 Å². The summed E-state index contributed by atoms with van der Waals surface area (Å²) in [6, 6.07) is 20.3. The Morgan fingerprint density at radius 2 is 1.27 bits per heavy atom. The zero-order valence-electron chi connectivity index (χ0n) is 14.8. The monoisotopic (exact) mass is 414 g/mol. The minimum absolute atomic E-state index is 0.324. The molecule has 0 saturated heterocycles. The Labute approximate surface area is 150 Å². The topological polar surface area (TPSA) is 0 Å². The number of benzene rings is 2. The molecule has 0 radical (unpaired) electrons. The second-order valence-electron chi connectivity index (χ2n) is 7.36. The summed E-state index contributed by atoms with van der Waals surface area (Å²) in [5.74, 6) is 0. The summed E-state index contributed by atoms with van der Waals surface area (Å²) in [6.07, 6.45) is 2.63. The number of halogens is 6. The van der Waals surface area contributed by atoms with E-state index in [0.29, 0.717) is 5.41 Å². The Hall–Kier alpha value is -1.12. The van der Waals surface area contributed by atoms with Crippen LogP contribution < -0.4 is 10.6 Å². The molecule has 0 spiro atoms. The molecule has 2 aromatic carbocycles. The van der Waals surface area contributed by atoms with Crippen LogP contribution in [0, 0.1) is 0 Å². The fourth-order valence-electron chi connectivity index (χ4n) is 3.26. The van der Waals surface area contributed by atoms with Crippen LogP contribution >= 0.6 is 15.1 Å². The SMILES string of the molecule is CC1(C)CC[P+](C)(c2ccccc2)c2ccccc21.F[P-](F)(F)(F)(F)F. The van der Waals surface area contributed by atoms with Crippen molar-refractivity contribution in [3.63, 3.8) is 0 Å². The van der Waals surface area contributed by atoms with Gasteiger partial charge in [-0.1, -0.05) is 50.2 Å². The van der Waals surface area contributed by atoms with E-state index in [4.69, 9.17) is 0 Å². The molecule has 0 nitrogen and oxygen atoms in total. The Morgan fingerprint density at radius 3 is 1.81 bits per heavy atom. The second-order valence-corrected chi connectivity index (χ2v) is 13.1. The first-order valence-corrected chi connectivity index (χ1v) is 12.5. The van der Waals surface area contributed by atoms with Crippen molar-refractivity contribution in [3.8, 4) is 0 Å². The van der Waals surface area contributed by atoms with Gasteiger partial charge in [-0.25, -0.2) is 0 Å². The van der Waals surface area contributed by atoms with E-state index in [1.54, 1.807) is 16.2 Å². The standard InChI is InChI=1S/C18H22P.F6P/c1-18(2)13-14-19(3,15-9-5-4-6-10-15)17-12-8-7-11-16(17)18;1-7(2,3,4,5)6/h4-12H,13-14H2,1-3H3;/q+1;-1. The molecule has 0 aliphatic carbocycles. The number of rotatable bonds is 1. The summed E-state index contributed by atoms with van der Waals surface area (Å²) >= 11 is 0. The fraction of sp³-hybridized carbons (Fsp3) is 0.333. The van der Waals surface area contributed by atoms with Gasteiger partial charge in [0, 0.05) is 5.56 Å². The van der Waals surface area contributed by atoms with Crippen molar-refractivity contribution in [2.45, 2.75) is 25.7 Å².